The van der Waals surface area contributed by atoms with Crippen molar-refractivity contribution >= 4 is 5.97 Å². The molecule has 1 aliphatic rings. The number of rotatable bonds is 5. The highest BCUT2D eigenvalue weighted by Crippen LogP contribution is 2.13. The average molecular weight is 229 g/mol. The first-order valence-electron chi connectivity index (χ1n) is 6.24. The van der Waals surface area contributed by atoms with E-state index in [4.69, 9.17) is 4.74 Å². The van der Waals surface area contributed by atoms with Gasteiger partial charge in [0, 0.05) is 6.54 Å². The van der Waals surface area contributed by atoms with Crippen LogP contribution in [0.1, 0.15) is 39.5 Å². The van der Waals surface area contributed by atoms with E-state index in [1.54, 1.807) is 0 Å². The van der Waals surface area contributed by atoms with Crippen LogP contribution in [0.3, 0.4) is 0 Å². The molecule has 2 unspecified atom stereocenters. The molecule has 94 valence electrons. The normalized spacial score (nSPS) is 24.1. The first kappa shape index (κ1) is 13.5. The molecule has 0 amide bonds. The van der Waals surface area contributed by atoms with Gasteiger partial charge >= 0.3 is 5.97 Å². The molecule has 0 saturated carbocycles. The standard InChI is InChI=1S/C12H23NO3/c1-3-4-8-16-12(15)10(2)13-7-5-6-11(14)9-13/h10-11,14H,3-9H2,1-2H3. The van der Waals surface area contributed by atoms with E-state index >= 15 is 0 Å². The molecule has 4 nitrogen and oxygen atoms in total. The first-order chi connectivity index (χ1) is 7.65. The van der Waals surface area contributed by atoms with E-state index in [1.165, 1.54) is 0 Å². The van der Waals surface area contributed by atoms with Crippen LogP contribution in [-0.2, 0) is 9.53 Å². The van der Waals surface area contributed by atoms with Crippen LogP contribution in [0.5, 0.6) is 0 Å². The summed E-state index contributed by atoms with van der Waals surface area (Å²) in [6, 6.07) is -0.230. The third-order valence-corrected chi connectivity index (χ3v) is 3.06. The largest absolute Gasteiger partial charge is 0.465 e. The van der Waals surface area contributed by atoms with E-state index in [2.05, 4.69) is 6.92 Å². The summed E-state index contributed by atoms with van der Waals surface area (Å²) in [7, 11) is 0. The van der Waals surface area contributed by atoms with Crippen LogP contribution < -0.4 is 0 Å². The van der Waals surface area contributed by atoms with Gasteiger partial charge in [0.05, 0.1) is 12.7 Å². The van der Waals surface area contributed by atoms with Gasteiger partial charge < -0.3 is 9.84 Å². The minimum atomic E-state index is -0.292. The molecule has 0 aromatic heterocycles. The second kappa shape index (κ2) is 6.86. The fourth-order valence-corrected chi connectivity index (χ4v) is 1.92. The molecule has 1 fully saturated rings. The fraction of sp³-hybridized carbons (Fsp3) is 0.917. The van der Waals surface area contributed by atoms with Crippen LogP contribution in [0.4, 0.5) is 0 Å². The Morgan fingerprint density at radius 3 is 3.00 bits per heavy atom. The second-order valence-electron chi connectivity index (χ2n) is 4.49. The van der Waals surface area contributed by atoms with Gasteiger partial charge in [0.25, 0.3) is 0 Å². The van der Waals surface area contributed by atoms with Gasteiger partial charge in [-0.05, 0) is 32.7 Å². The number of piperidine rings is 1. The van der Waals surface area contributed by atoms with E-state index in [9.17, 15) is 9.90 Å². The lowest BCUT2D eigenvalue weighted by Crippen LogP contribution is -2.47. The van der Waals surface area contributed by atoms with Crippen molar-refractivity contribution in [2.45, 2.75) is 51.7 Å². The second-order valence-corrected chi connectivity index (χ2v) is 4.49. The molecule has 16 heavy (non-hydrogen) atoms. The molecule has 0 bridgehead atoms. The molecule has 0 aliphatic carbocycles. The van der Waals surface area contributed by atoms with Crippen molar-refractivity contribution in [2.75, 3.05) is 19.7 Å². The Balaban J connectivity index is 2.31. The van der Waals surface area contributed by atoms with Gasteiger partial charge in [-0.3, -0.25) is 9.69 Å². The summed E-state index contributed by atoms with van der Waals surface area (Å²) in [5.74, 6) is -0.164. The van der Waals surface area contributed by atoms with E-state index in [-0.39, 0.29) is 18.1 Å². The molecule has 1 rings (SSSR count). The molecule has 0 aromatic rings. The van der Waals surface area contributed by atoms with Crippen molar-refractivity contribution in [1.82, 2.24) is 4.90 Å². The Morgan fingerprint density at radius 2 is 2.38 bits per heavy atom. The predicted molar refractivity (Wildman–Crippen MR) is 62.1 cm³/mol. The minimum absolute atomic E-state index is 0.164. The van der Waals surface area contributed by atoms with E-state index in [1.807, 2.05) is 11.8 Å². The van der Waals surface area contributed by atoms with Gasteiger partial charge in [0.15, 0.2) is 0 Å². The number of hydrogen-bond acceptors (Lipinski definition) is 4. The third kappa shape index (κ3) is 4.10. The van der Waals surface area contributed by atoms with Crippen LogP contribution in [0.15, 0.2) is 0 Å². The zero-order chi connectivity index (χ0) is 12.0. The van der Waals surface area contributed by atoms with Crippen molar-refractivity contribution in [3.63, 3.8) is 0 Å². The maximum Gasteiger partial charge on any atom is 0.323 e. The monoisotopic (exact) mass is 229 g/mol. The van der Waals surface area contributed by atoms with Crippen LogP contribution in [-0.4, -0.2) is 47.8 Å². The Kier molecular flexibility index (Phi) is 5.77. The number of likely N-dealkylation sites (tertiary alicyclic amines) is 1. The van der Waals surface area contributed by atoms with Crippen molar-refractivity contribution < 1.29 is 14.6 Å². The van der Waals surface area contributed by atoms with E-state index in [0.717, 1.165) is 32.2 Å². The summed E-state index contributed by atoms with van der Waals surface area (Å²) in [6.45, 7) is 5.89. The maximum absolute atomic E-state index is 11.7. The number of carbonyl (C=O) groups is 1. The Labute approximate surface area is 97.6 Å². The Morgan fingerprint density at radius 1 is 1.62 bits per heavy atom. The molecule has 2 atom stereocenters. The average Bonchev–Trinajstić information content (AvgIpc) is 2.28. The van der Waals surface area contributed by atoms with Gasteiger partial charge in [-0.1, -0.05) is 13.3 Å². The third-order valence-electron chi connectivity index (χ3n) is 3.06. The van der Waals surface area contributed by atoms with Crippen LogP contribution >= 0.6 is 0 Å². The quantitative estimate of drug-likeness (QED) is 0.568. The number of hydrogen-bond donors (Lipinski definition) is 1. The number of aliphatic hydroxyl groups excluding tert-OH is 1. The summed E-state index contributed by atoms with van der Waals surface area (Å²) in [4.78, 5) is 13.7. The highest BCUT2D eigenvalue weighted by atomic mass is 16.5. The van der Waals surface area contributed by atoms with Gasteiger partial charge in [-0.15, -0.1) is 0 Å². The lowest BCUT2D eigenvalue weighted by molar-refractivity contribution is -0.150. The lowest BCUT2D eigenvalue weighted by Gasteiger charge is -2.33. The number of aliphatic hydroxyl groups is 1. The SMILES string of the molecule is CCCCOC(=O)C(C)N1CCCC(O)C1. The topological polar surface area (TPSA) is 49.8 Å². The number of β-amino-alcohol motifs (C(OH)–C–C–N with tert-alkyl or cyclic N) is 1. The highest BCUT2D eigenvalue weighted by molar-refractivity contribution is 5.75. The van der Waals surface area contributed by atoms with Gasteiger partial charge in [0.2, 0.25) is 0 Å². The summed E-state index contributed by atoms with van der Waals surface area (Å²) in [5, 5.41) is 9.53. The van der Waals surface area contributed by atoms with Crippen molar-refractivity contribution in [2.24, 2.45) is 0 Å². The van der Waals surface area contributed by atoms with Crippen molar-refractivity contribution in [1.29, 1.82) is 0 Å². The van der Waals surface area contributed by atoms with Crippen LogP contribution in [0.2, 0.25) is 0 Å². The summed E-state index contributed by atoms with van der Waals surface area (Å²) in [5.41, 5.74) is 0. The first-order valence-corrected chi connectivity index (χ1v) is 6.24. The van der Waals surface area contributed by atoms with E-state index < -0.39 is 0 Å². The zero-order valence-corrected chi connectivity index (χ0v) is 10.3. The summed E-state index contributed by atoms with van der Waals surface area (Å²) < 4.78 is 5.17. The maximum atomic E-state index is 11.7. The Bertz CT molecular complexity index is 220. The lowest BCUT2D eigenvalue weighted by atomic mass is 10.1. The number of ether oxygens (including phenoxy) is 1. The molecular weight excluding hydrogens is 206 g/mol. The number of nitrogens with zero attached hydrogens (tertiary/aromatic N) is 1. The number of unbranched alkanes of at least 4 members (excludes halogenated alkanes) is 1. The smallest absolute Gasteiger partial charge is 0.323 e. The van der Waals surface area contributed by atoms with Gasteiger partial charge in [-0.25, -0.2) is 0 Å². The van der Waals surface area contributed by atoms with Gasteiger partial charge in [-0.2, -0.15) is 0 Å². The van der Waals surface area contributed by atoms with Crippen LogP contribution in [0, 0.1) is 0 Å². The molecule has 0 radical (unpaired) electrons. The Hall–Kier alpha value is -0.610. The van der Waals surface area contributed by atoms with Crippen molar-refractivity contribution in [3.8, 4) is 0 Å². The summed E-state index contributed by atoms with van der Waals surface area (Å²) in [6.07, 6.45) is 3.45. The number of carbonyl (C=O) groups excluding carboxylic acids is 1. The molecule has 1 aliphatic heterocycles. The molecule has 1 heterocycles. The van der Waals surface area contributed by atoms with Gasteiger partial charge in [0.1, 0.15) is 6.04 Å². The number of esters is 1. The minimum Gasteiger partial charge on any atom is -0.465 e. The molecular formula is C12H23NO3. The van der Waals surface area contributed by atoms with Crippen LogP contribution in [0.25, 0.3) is 0 Å². The highest BCUT2D eigenvalue weighted by Gasteiger charge is 2.27. The molecule has 0 aromatic carbocycles. The van der Waals surface area contributed by atoms with E-state index in [0.29, 0.717) is 13.2 Å². The predicted octanol–water partition coefficient (Wildman–Crippen LogP) is 1.17. The summed E-state index contributed by atoms with van der Waals surface area (Å²) >= 11 is 0. The van der Waals surface area contributed by atoms with Crippen molar-refractivity contribution in [3.05, 3.63) is 0 Å². The molecule has 1 N–H and O–H groups in total. The molecule has 4 heteroatoms. The zero-order valence-electron chi connectivity index (χ0n) is 10.3. The molecule has 0 spiro atoms. The molecule has 1 saturated heterocycles. The fourth-order valence-electron chi connectivity index (χ4n) is 1.92.